The molecule has 2 aromatic heterocycles. The summed E-state index contributed by atoms with van der Waals surface area (Å²) >= 11 is 8.76. The second kappa shape index (κ2) is 7.55. The quantitative estimate of drug-likeness (QED) is 0.440. The van der Waals surface area contributed by atoms with Crippen LogP contribution in [0.1, 0.15) is 20.4 Å². The number of thiazole rings is 1. The van der Waals surface area contributed by atoms with E-state index >= 15 is 0 Å². The number of hydrogen-bond donors (Lipinski definition) is 0. The highest BCUT2D eigenvalue weighted by Crippen LogP contribution is 2.19. The van der Waals surface area contributed by atoms with Crippen molar-refractivity contribution in [1.82, 2.24) is 4.98 Å². The van der Waals surface area contributed by atoms with Crippen LogP contribution in [0.2, 0.25) is 5.02 Å². The highest BCUT2D eigenvalue weighted by atomic mass is 35.5. The average Bonchev–Trinajstić information content (AvgIpc) is 3.24. The Morgan fingerprint density at radius 1 is 1.22 bits per heavy atom. The Morgan fingerprint density at radius 2 is 2.04 bits per heavy atom. The predicted octanol–water partition coefficient (Wildman–Crippen LogP) is 5.33. The third-order valence-corrected chi connectivity index (χ3v) is 4.89. The molecule has 2 heterocycles. The maximum Gasteiger partial charge on any atom is 0.195 e. The molecule has 0 aliphatic heterocycles. The molecular weight excluding hydrogens is 350 g/mol. The van der Waals surface area contributed by atoms with Gasteiger partial charge in [-0.3, -0.25) is 4.79 Å². The number of nitrogens with zero attached hydrogens (tertiary/aromatic N) is 1. The molecule has 0 spiro atoms. The van der Waals surface area contributed by atoms with E-state index in [9.17, 15) is 4.79 Å². The van der Waals surface area contributed by atoms with Crippen molar-refractivity contribution >= 4 is 46.1 Å². The fraction of sp³-hybridized carbons (Fsp3) is 0.0588. The molecule has 0 atom stereocenters. The van der Waals surface area contributed by atoms with E-state index in [-0.39, 0.29) is 5.78 Å². The highest BCUT2D eigenvalue weighted by molar-refractivity contribution is 7.12. The van der Waals surface area contributed by atoms with Gasteiger partial charge in [0.2, 0.25) is 0 Å². The molecule has 1 aromatic carbocycles. The Hall–Kier alpha value is -1.95. The Labute approximate surface area is 146 Å². The zero-order valence-electron chi connectivity index (χ0n) is 11.9. The van der Waals surface area contributed by atoms with E-state index in [1.165, 1.54) is 22.7 Å². The summed E-state index contributed by atoms with van der Waals surface area (Å²) in [4.78, 5) is 17.0. The van der Waals surface area contributed by atoms with Gasteiger partial charge in [0.25, 0.3) is 0 Å². The van der Waals surface area contributed by atoms with Crippen LogP contribution in [-0.4, -0.2) is 10.8 Å². The molecule has 23 heavy (non-hydrogen) atoms. The summed E-state index contributed by atoms with van der Waals surface area (Å²) in [5, 5.41) is 5.31. The predicted molar refractivity (Wildman–Crippen MR) is 95.6 cm³/mol. The summed E-state index contributed by atoms with van der Waals surface area (Å²) in [5.74, 6) is 0.738. The van der Waals surface area contributed by atoms with Gasteiger partial charge in [0.05, 0.1) is 10.6 Å². The van der Waals surface area contributed by atoms with Gasteiger partial charge in [0.15, 0.2) is 5.78 Å². The molecule has 0 aliphatic rings. The van der Waals surface area contributed by atoms with E-state index < -0.39 is 0 Å². The number of hydrogen-bond acceptors (Lipinski definition) is 5. The molecule has 6 heteroatoms. The Morgan fingerprint density at radius 3 is 2.78 bits per heavy atom. The first kappa shape index (κ1) is 15.9. The summed E-state index contributed by atoms with van der Waals surface area (Å²) in [6.45, 7) is 0.388. The van der Waals surface area contributed by atoms with Crippen molar-refractivity contribution in [3.05, 3.63) is 73.8 Å². The van der Waals surface area contributed by atoms with E-state index in [2.05, 4.69) is 4.98 Å². The zero-order chi connectivity index (χ0) is 16.1. The molecule has 0 radical (unpaired) electrons. The van der Waals surface area contributed by atoms with E-state index in [0.717, 1.165) is 21.3 Å². The van der Waals surface area contributed by atoms with Crippen LogP contribution in [0.25, 0.3) is 6.08 Å². The number of ether oxygens (including phenoxy) is 1. The number of halogens is 1. The smallest absolute Gasteiger partial charge is 0.195 e. The second-order valence-corrected chi connectivity index (χ2v) is 6.91. The van der Waals surface area contributed by atoms with Crippen molar-refractivity contribution < 1.29 is 9.53 Å². The first-order chi connectivity index (χ1) is 11.2. The maximum atomic E-state index is 11.9. The maximum absolute atomic E-state index is 11.9. The third kappa shape index (κ3) is 4.51. The third-order valence-electron chi connectivity index (χ3n) is 2.91. The van der Waals surface area contributed by atoms with Gasteiger partial charge < -0.3 is 4.74 Å². The van der Waals surface area contributed by atoms with Crippen LogP contribution in [0.3, 0.4) is 0 Å². The van der Waals surface area contributed by atoms with Crippen molar-refractivity contribution in [3.63, 3.8) is 0 Å². The summed E-state index contributed by atoms with van der Waals surface area (Å²) in [7, 11) is 0. The molecule has 0 N–H and O–H groups in total. The van der Waals surface area contributed by atoms with Crippen molar-refractivity contribution in [2.75, 3.05) is 0 Å². The zero-order valence-corrected chi connectivity index (χ0v) is 14.3. The summed E-state index contributed by atoms with van der Waals surface area (Å²) < 4.78 is 5.64. The van der Waals surface area contributed by atoms with Gasteiger partial charge in [-0.15, -0.1) is 22.7 Å². The minimum atomic E-state index is -0.00744. The number of benzene rings is 1. The summed E-state index contributed by atoms with van der Waals surface area (Å²) in [5.41, 5.74) is 0.759. The molecule has 3 aromatic rings. The largest absolute Gasteiger partial charge is 0.486 e. The summed E-state index contributed by atoms with van der Waals surface area (Å²) in [6, 6.07) is 10.9. The van der Waals surface area contributed by atoms with Gasteiger partial charge in [-0.05, 0) is 47.9 Å². The second-order valence-electron chi connectivity index (χ2n) is 4.58. The SMILES string of the molecule is O=C(/C=C/c1csc(COc2ccc(Cl)cc2)n1)c1cccs1. The van der Waals surface area contributed by atoms with E-state index in [1.54, 1.807) is 24.3 Å². The minimum Gasteiger partial charge on any atom is -0.486 e. The lowest BCUT2D eigenvalue weighted by Crippen LogP contribution is -1.94. The summed E-state index contributed by atoms with van der Waals surface area (Å²) in [6.07, 6.45) is 3.27. The lowest BCUT2D eigenvalue weighted by Gasteiger charge is -2.03. The average molecular weight is 362 g/mol. The molecule has 3 nitrogen and oxygen atoms in total. The topological polar surface area (TPSA) is 39.2 Å². The fourth-order valence-corrected chi connectivity index (χ4v) is 3.25. The van der Waals surface area contributed by atoms with Gasteiger partial charge in [-0.1, -0.05) is 17.7 Å². The molecule has 0 fully saturated rings. The van der Waals surface area contributed by atoms with Crippen molar-refractivity contribution in [2.24, 2.45) is 0 Å². The van der Waals surface area contributed by atoms with Gasteiger partial charge >= 0.3 is 0 Å². The number of thiophene rings is 1. The van der Waals surface area contributed by atoms with E-state index in [0.29, 0.717) is 11.6 Å². The molecule has 0 aliphatic carbocycles. The number of carbonyl (C=O) groups is 1. The van der Waals surface area contributed by atoms with Crippen LogP contribution in [0, 0.1) is 0 Å². The van der Waals surface area contributed by atoms with Crippen LogP contribution < -0.4 is 4.74 Å². The molecular formula is C17H12ClNO2S2. The number of carbonyl (C=O) groups excluding carboxylic acids is 1. The van der Waals surface area contributed by atoms with E-state index in [4.69, 9.17) is 16.3 Å². The van der Waals surface area contributed by atoms with Crippen LogP contribution >= 0.6 is 34.3 Å². The van der Waals surface area contributed by atoms with Crippen LogP contribution in [0.5, 0.6) is 5.75 Å². The normalized spacial score (nSPS) is 11.0. The standard InChI is InChI=1S/C17H12ClNO2S2/c18-12-3-6-14(7-4-12)21-10-17-19-13(11-23-17)5-8-15(20)16-2-1-9-22-16/h1-9,11H,10H2/b8-5+. The van der Waals surface area contributed by atoms with Crippen LogP contribution in [0.4, 0.5) is 0 Å². The molecule has 0 unspecified atom stereocenters. The Balaban J connectivity index is 1.57. The minimum absolute atomic E-state index is 0.00744. The number of allylic oxidation sites excluding steroid dienone is 1. The lowest BCUT2D eigenvalue weighted by atomic mass is 10.3. The lowest BCUT2D eigenvalue weighted by molar-refractivity contribution is 0.105. The van der Waals surface area contributed by atoms with Gasteiger partial charge in [0.1, 0.15) is 17.4 Å². The van der Waals surface area contributed by atoms with Gasteiger partial charge in [-0.2, -0.15) is 0 Å². The number of aromatic nitrogens is 1. The first-order valence-electron chi connectivity index (χ1n) is 6.79. The molecule has 116 valence electrons. The van der Waals surface area contributed by atoms with E-state index in [1.807, 2.05) is 35.0 Å². The molecule has 0 amide bonds. The van der Waals surface area contributed by atoms with Crippen LogP contribution in [0.15, 0.2) is 53.2 Å². The van der Waals surface area contributed by atoms with Crippen molar-refractivity contribution in [1.29, 1.82) is 0 Å². The van der Waals surface area contributed by atoms with Crippen molar-refractivity contribution in [3.8, 4) is 5.75 Å². The Kier molecular flexibility index (Phi) is 5.23. The fourth-order valence-electron chi connectivity index (χ4n) is 1.81. The molecule has 0 saturated heterocycles. The van der Waals surface area contributed by atoms with Crippen molar-refractivity contribution in [2.45, 2.75) is 6.61 Å². The molecule has 0 bridgehead atoms. The molecule has 0 saturated carbocycles. The number of rotatable bonds is 6. The first-order valence-corrected chi connectivity index (χ1v) is 8.93. The van der Waals surface area contributed by atoms with Crippen LogP contribution in [-0.2, 0) is 6.61 Å². The Bertz CT molecular complexity index is 808. The van der Waals surface area contributed by atoms with Gasteiger partial charge in [0, 0.05) is 10.4 Å². The monoisotopic (exact) mass is 361 g/mol. The molecule has 3 rings (SSSR count). The highest BCUT2D eigenvalue weighted by Gasteiger charge is 2.04. The number of ketones is 1. The van der Waals surface area contributed by atoms with Gasteiger partial charge in [-0.25, -0.2) is 4.98 Å².